The Labute approximate surface area is 131 Å². The molecule has 22 heavy (non-hydrogen) atoms. The minimum atomic E-state index is -0.941. The zero-order valence-electron chi connectivity index (χ0n) is 13.3. The Bertz CT molecular complexity index is 594. The van der Waals surface area contributed by atoms with E-state index < -0.39 is 6.17 Å². The maximum Gasteiger partial charge on any atom is 0.266 e. The molecule has 0 fully saturated rings. The Hall–Kier alpha value is -2.01. The normalized spacial score (nSPS) is 17.8. The van der Waals surface area contributed by atoms with Gasteiger partial charge in [-0.15, -0.1) is 0 Å². The molecule has 3 N–H and O–H groups in total. The van der Waals surface area contributed by atoms with E-state index in [2.05, 4.69) is 11.9 Å². The van der Waals surface area contributed by atoms with Crippen molar-refractivity contribution < 1.29 is 4.79 Å². The average molecular weight is 300 g/mol. The fourth-order valence-corrected chi connectivity index (χ4v) is 2.63. The van der Waals surface area contributed by atoms with E-state index in [9.17, 15) is 4.79 Å². The molecule has 0 saturated carbocycles. The number of unbranched alkanes of at least 4 members (excludes halogenated alkanes) is 3. The molecule has 0 aromatic heterocycles. The molecule has 118 valence electrons. The molecule has 0 saturated heterocycles. The standard InChI is InChI=1S/C17H24N4O/c1-3-4-5-6-10-13(18)15-12-9-7-8-11-14(12)21(2)17(22)16(19)20-15/h7-9,11,16,18H,3-6,10,19H2,1-2H3/t16-/m0/s1. The van der Waals surface area contributed by atoms with Gasteiger partial charge in [0.15, 0.2) is 6.17 Å². The van der Waals surface area contributed by atoms with E-state index >= 15 is 0 Å². The highest BCUT2D eigenvalue weighted by Gasteiger charge is 2.27. The Morgan fingerprint density at radius 1 is 1.32 bits per heavy atom. The van der Waals surface area contributed by atoms with Crippen molar-refractivity contribution in [2.75, 3.05) is 11.9 Å². The fourth-order valence-electron chi connectivity index (χ4n) is 2.63. The predicted molar refractivity (Wildman–Crippen MR) is 90.9 cm³/mol. The highest BCUT2D eigenvalue weighted by molar-refractivity contribution is 6.49. The number of hydrogen-bond acceptors (Lipinski definition) is 4. The minimum Gasteiger partial charge on any atom is -0.312 e. The van der Waals surface area contributed by atoms with Crippen molar-refractivity contribution in [1.29, 1.82) is 5.41 Å². The van der Waals surface area contributed by atoms with E-state index in [-0.39, 0.29) is 5.91 Å². The molecule has 1 aliphatic heterocycles. The van der Waals surface area contributed by atoms with Crippen molar-refractivity contribution in [3.05, 3.63) is 29.8 Å². The number of hydrogen-bond donors (Lipinski definition) is 2. The molecule has 5 nitrogen and oxygen atoms in total. The lowest BCUT2D eigenvalue weighted by Crippen LogP contribution is -2.40. The van der Waals surface area contributed by atoms with Gasteiger partial charge in [0.2, 0.25) is 0 Å². The van der Waals surface area contributed by atoms with E-state index in [1.54, 1.807) is 7.05 Å². The van der Waals surface area contributed by atoms with E-state index in [1.165, 1.54) is 17.7 Å². The number of anilines is 1. The molecule has 1 aromatic rings. The highest BCUT2D eigenvalue weighted by atomic mass is 16.2. The summed E-state index contributed by atoms with van der Waals surface area (Å²) in [4.78, 5) is 18.1. The van der Waals surface area contributed by atoms with Crippen molar-refractivity contribution in [3.63, 3.8) is 0 Å². The van der Waals surface area contributed by atoms with Gasteiger partial charge >= 0.3 is 0 Å². The lowest BCUT2D eigenvalue weighted by Gasteiger charge is -2.18. The summed E-state index contributed by atoms with van der Waals surface area (Å²) < 4.78 is 0. The molecule has 5 heteroatoms. The molecule has 0 bridgehead atoms. The van der Waals surface area contributed by atoms with Crippen molar-refractivity contribution in [2.24, 2.45) is 10.7 Å². The largest absolute Gasteiger partial charge is 0.312 e. The van der Waals surface area contributed by atoms with Gasteiger partial charge in [-0.05, 0) is 18.9 Å². The topological polar surface area (TPSA) is 82.5 Å². The summed E-state index contributed by atoms with van der Waals surface area (Å²) in [5, 5.41) is 8.35. The third kappa shape index (κ3) is 3.42. The summed E-state index contributed by atoms with van der Waals surface area (Å²) in [7, 11) is 1.70. The summed E-state index contributed by atoms with van der Waals surface area (Å²) in [5.41, 5.74) is 8.46. The van der Waals surface area contributed by atoms with Crippen LogP contribution in [0.2, 0.25) is 0 Å². The Balaban J connectivity index is 2.28. The van der Waals surface area contributed by atoms with Crippen molar-refractivity contribution in [2.45, 2.75) is 45.2 Å². The Kier molecular flexibility index (Phi) is 5.44. The lowest BCUT2D eigenvalue weighted by molar-refractivity contribution is -0.119. The van der Waals surface area contributed by atoms with Gasteiger partial charge in [0.05, 0.1) is 17.1 Å². The minimum absolute atomic E-state index is 0.249. The van der Waals surface area contributed by atoms with Gasteiger partial charge in [0.1, 0.15) is 0 Å². The van der Waals surface area contributed by atoms with Gasteiger partial charge in [-0.25, -0.2) is 0 Å². The quantitative estimate of drug-likeness (QED) is 0.625. The lowest BCUT2D eigenvalue weighted by atomic mass is 9.99. The third-order valence-corrected chi connectivity index (χ3v) is 3.94. The Morgan fingerprint density at radius 3 is 2.77 bits per heavy atom. The maximum absolute atomic E-state index is 12.2. The monoisotopic (exact) mass is 300 g/mol. The van der Waals surface area contributed by atoms with Crippen LogP contribution in [0, 0.1) is 5.41 Å². The molecule has 1 aliphatic rings. The molecule has 2 rings (SSSR count). The molecule has 0 radical (unpaired) electrons. The number of rotatable bonds is 6. The van der Waals surface area contributed by atoms with Crippen LogP contribution in [0.5, 0.6) is 0 Å². The van der Waals surface area contributed by atoms with Crippen LogP contribution in [-0.4, -0.2) is 30.5 Å². The summed E-state index contributed by atoms with van der Waals surface area (Å²) >= 11 is 0. The average Bonchev–Trinajstić information content (AvgIpc) is 2.63. The molecule has 0 spiro atoms. The smallest absolute Gasteiger partial charge is 0.266 e. The zero-order chi connectivity index (χ0) is 16.1. The number of nitrogens with one attached hydrogen (secondary N) is 1. The summed E-state index contributed by atoms with van der Waals surface area (Å²) in [5.74, 6) is -0.249. The van der Waals surface area contributed by atoms with E-state index in [0.717, 1.165) is 24.1 Å². The summed E-state index contributed by atoms with van der Waals surface area (Å²) in [6, 6.07) is 7.54. The number of aliphatic imine (C=N–C) groups is 1. The SMILES string of the molecule is CCCCCCC(=N)C1=N[C@H](N)C(=O)N(C)c2ccccc21. The molecule has 0 aliphatic carbocycles. The van der Waals surface area contributed by atoms with Gasteiger partial charge in [-0.3, -0.25) is 9.79 Å². The van der Waals surface area contributed by atoms with Gasteiger partial charge in [-0.1, -0.05) is 44.4 Å². The second kappa shape index (κ2) is 7.31. The molecule has 1 atom stereocenters. The van der Waals surface area contributed by atoms with Crippen LogP contribution in [0.1, 0.15) is 44.6 Å². The number of carbonyl (C=O) groups is 1. The van der Waals surface area contributed by atoms with Crippen LogP contribution in [-0.2, 0) is 4.79 Å². The van der Waals surface area contributed by atoms with Crippen molar-refractivity contribution >= 4 is 23.0 Å². The number of benzene rings is 1. The van der Waals surface area contributed by atoms with E-state index in [0.29, 0.717) is 17.8 Å². The Morgan fingerprint density at radius 2 is 2.05 bits per heavy atom. The number of fused-ring (bicyclic) bond motifs is 1. The first-order valence-corrected chi connectivity index (χ1v) is 7.84. The molecular formula is C17H24N4O. The zero-order valence-corrected chi connectivity index (χ0v) is 13.3. The van der Waals surface area contributed by atoms with Crippen molar-refractivity contribution in [1.82, 2.24) is 0 Å². The molecule has 1 amide bonds. The van der Waals surface area contributed by atoms with Crippen LogP contribution in [0.4, 0.5) is 5.69 Å². The van der Waals surface area contributed by atoms with Gasteiger partial charge < -0.3 is 16.0 Å². The number of para-hydroxylation sites is 1. The second-order valence-electron chi connectivity index (χ2n) is 5.63. The maximum atomic E-state index is 12.2. The van der Waals surface area contributed by atoms with Gasteiger partial charge in [0, 0.05) is 12.6 Å². The first-order chi connectivity index (χ1) is 10.6. The van der Waals surface area contributed by atoms with Gasteiger partial charge in [0.25, 0.3) is 5.91 Å². The van der Waals surface area contributed by atoms with Gasteiger partial charge in [-0.2, -0.15) is 0 Å². The number of nitrogens with two attached hydrogens (primary N) is 1. The van der Waals surface area contributed by atoms with E-state index in [1.807, 2.05) is 24.3 Å². The number of amides is 1. The van der Waals surface area contributed by atoms with Crippen LogP contribution < -0.4 is 10.6 Å². The summed E-state index contributed by atoms with van der Waals surface area (Å²) in [6.07, 6.45) is 4.14. The highest BCUT2D eigenvalue weighted by Crippen LogP contribution is 2.25. The summed E-state index contributed by atoms with van der Waals surface area (Å²) in [6.45, 7) is 2.16. The molecular weight excluding hydrogens is 276 g/mol. The number of nitrogens with zero attached hydrogens (tertiary/aromatic N) is 2. The number of likely N-dealkylation sites (N-methyl/N-ethyl adjacent to an activating group) is 1. The van der Waals surface area contributed by atoms with Crippen molar-refractivity contribution in [3.8, 4) is 0 Å². The van der Waals surface area contributed by atoms with E-state index in [4.69, 9.17) is 11.1 Å². The predicted octanol–water partition coefficient (Wildman–Crippen LogP) is 2.73. The van der Waals surface area contributed by atoms with Crippen LogP contribution in [0.25, 0.3) is 0 Å². The van der Waals surface area contributed by atoms with Crippen LogP contribution >= 0.6 is 0 Å². The number of benzodiazepines with no additional fused rings is 1. The second-order valence-corrected chi connectivity index (χ2v) is 5.63. The molecule has 1 aromatic carbocycles. The number of carbonyl (C=O) groups excluding carboxylic acids is 1. The molecule has 0 unspecified atom stereocenters. The van der Waals surface area contributed by atoms with Crippen LogP contribution in [0.15, 0.2) is 29.3 Å². The molecule has 1 heterocycles. The first-order valence-electron chi connectivity index (χ1n) is 7.84. The first kappa shape index (κ1) is 16.4. The third-order valence-electron chi connectivity index (χ3n) is 3.94. The fraction of sp³-hybridized carbons (Fsp3) is 0.471. The van der Waals surface area contributed by atoms with Crippen LogP contribution in [0.3, 0.4) is 0 Å².